The van der Waals surface area contributed by atoms with E-state index in [9.17, 15) is 9.59 Å². The fourth-order valence-electron chi connectivity index (χ4n) is 2.98. The molecular weight excluding hydrogens is 447 g/mol. The van der Waals surface area contributed by atoms with Crippen LogP contribution in [-0.2, 0) is 4.79 Å². The number of halogens is 2. The predicted octanol–water partition coefficient (Wildman–Crippen LogP) is 6.78. The molecule has 0 saturated carbocycles. The normalized spacial score (nSPS) is 11.5. The van der Waals surface area contributed by atoms with E-state index in [-0.39, 0.29) is 23.4 Å². The Morgan fingerprint density at radius 3 is 2.12 bits per heavy atom. The molecule has 2 amide bonds. The number of ether oxygens (including phenoxy) is 1. The van der Waals surface area contributed by atoms with E-state index in [1.165, 1.54) is 11.6 Å². The van der Waals surface area contributed by atoms with Gasteiger partial charge in [-0.2, -0.15) is 0 Å². The van der Waals surface area contributed by atoms with Gasteiger partial charge in [-0.3, -0.25) is 9.59 Å². The lowest BCUT2D eigenvalue weighted by Crippen LogP contribution is -2.20. The van der Waals surface area contributed by atoms with E-state index in [0.717, 1.165) is 6.42 Å². The Morgan fingerprint density at radius 1 is 0.906 bits per heavy atom. The van der Waals surface area contributed by atoms with Crippen LogP contribution in [0.3, 0.4) is 0 Å². The summed E-state index contributed by atoms with van der Waals surface area (Å²) in [5, 5.41) is 6.25. The molecule has 0 radical (unpaired) electrons. The Kier molecular flexibility index (Phi) is 8.14. The maximum Gasteiger partial charge on any atom is 0.262 e. The fraction of sp³-hybridized carbons (Fsp3) is 0.200. The summed E-state index contributed by atoms with van der Waals surface area (Å²) in [5.74, 6) is 0.506. The summed E-state index contributed by atoms with van der Waals surface area (Å²) in [6, 6.07) is 19.2. The number of hydrogen-bond donors (Lipinski definition) is 2. The minimum Gasteiger partial charge on any atom is -0.484 e. The first-order valence-corrected chi connectivity index (χ1v) is 11.0. The third kappa shape index (κ3) is 6.49. The molecule has 1 unspecified atom stereocenters. The second-order valence-electron chi connectivity index (χ2n) is 7.37. The summed E-state index contributed by atoms with van der Waals surface area (Å²) in [6.07, 6.45) is 1.07. The van der Waals surface area contributed by atoms with Gasteiger partial charge in [-0.1, -0.05) is 49.2 Å². The third-order valence-corrected chi connectivity index (χ3v) is 5.58. The average Bonchev–Trinajstić information content (AvgIpc) is 2.78. The molecule has 1 atom stereocenters. The SMILES string of the molecule is CCC(C)c1ccc(OCC(=O)Nc2ccc(NC(=O)c3ccc(Cl)cc3Cl)cc2)cc1. The van der Waals surface area contributed by atoms with Crippen LogP contribution in [0.4, 0.5) is 11.4 Å². The first-order valence-electron chi connectivity index (χ1n) is 10.2. The fourth-order valence-corrected chi connectivity index (χ4v) is 3.48. The summed E-state index contributed by atoms with van der Waals surface area (Å²) in [4.78, 5) is 24.6. The molecule has 3 aromatic rings. The number of nitrogens with one attached hydrogen (secondary N) is 2. The van der Waals surface area contributed by atoms with Crippen molar-refractivity contribution in [2.75, 3.05) is 17.2 Å². The molecule has 166 valence electrons. The molecule has 2 N–H and O–H groups in total. The van der Waals surface area contributed by atoms with Crippen molar-refractivity contribution in [3.05, 3.63) is 87.9 Å². The van der Waals surface area contributed by atoms with Crippen molar-refractivity contribution >= 4 is 46.4 Å². The number of anilines is 2. The van der Waals surface area contributed by atoms with Gasteiger partial charge in [0.25, 0.3) is 11.8 Å². The highest BCUT2D eigenvalue weighted by Gasteiger charge is 2.11. The molecule has 0 saturated heterocycles. The molecule has 0 heterocycles. The van der Waals surface area contributed by atoms with Gasteiger partial charge in [-0.25, -0.2) is 0 Å². The van der Waals surface area contributed by atoms with Crippen LogP contribution in [0.5, 0.6) is 5.75 Å². The van der Waals surface area contributed by atoms with Crippen LogP contribution in [0, 0.1) is 0 Å². The van der Waals surface area contributed by atoms with Gasteiger partial charge >= 0.3 is 0 Å². The van der Waals surface area contributed by atoms with Gasteiger partial charge in [0.1, 0.15) is 5.75 Å². The van der Waals surface area contributed by atoms with Crippen LogP contribution in [-0.4, -0.2) is 18.4 Å². The topological polar surface area (TPSA) is 67.4 Å². The second kappa shape index (κ2) is 11.0. The quantitative estimate of drug-likeness (QED) is 0.381. The highest BCUT2D eigenvalue weighted by atomic mass is 35.5. The Labute approximate surface area is 197 Å². The molecule has 0 spiro atoms. The van der Waals surface area contributed by atoms with Gasteiger partial charge in [-0.05, 0) is 72.5 Å². The van der Waals surface area contributed by atoms with Crippen LogP contribution in [0.25, 0.3) is 0 Å². The van der Waals surface area contributed by atoms with E-state index >= 15 is 0 Å². The van der Waals surface area contributed by atoms with Gasteiger partial charge in [0.15, 0.2) is 6.61 Å². The van der Waals surface area contributed by atoms with Crippen molar-refractivity contribution in [3.63, 3.8) is 0 Å². The first kappa shape index (κ1) is 23.6. The number of amides is 2. The molecule has 0 aliphatic carbocycles. The minimum atomic E-state index is -0.351. The lowest BCUT2D eigenvalue weighted by atomic mass is 9.99. The van der Waals surface area contributed by atoms with E-state index in [1.54, 1.807) is 36.4 Å². The van der Waals surface area contributed by atoms with Gasteiger partial charge in [0.05, 0.1) is 10.6 Å². The molecule has 32 heavy (non-hydrogen) atoms. The van der Waals surface area contributed by atoms with Gasteiger partial charge in [0.2, 0.25) is 0 Å². The minimum absolute atomic E-state index is 0.101. The highest BCUT2D eigenvalue weighted by Crippen LogP contribution is 2.23. The second-order valence-corrected chi connectivity index (χ2v) is 8.21. The average molecular weight is 471 g/mol. The highest BCUT2D eigenvalue weighted by molar-refractivity contribution is 6.37. The summed E-state index contributed by atoms with van der Waals surface area (Å²) < 4.78 is 5.56. The van der Waals surface area contributed by atoms with Gasteiger partial charge in [-0.15, -0.1) is 0 Å². The van der Waals surface area contributed by atoms with Crippen LogP contribution in [0.1, 0.15) is 42.1 Å². The molecule has 3 aromatic carbocycles. The van der Waals surface area contributed by atoms with Crippen molar-refractivity contribution in [3.8, 4) is 5.75 Å². The van der Waals surface area contributed by atoms with Gasteiger partial charge in [0, 0.05) is 16.4 Å². The molecule has 0 fully saturated rings. The molecule has 0 aliphatic rings. The largest absolute Gasteiger partial charge is 0.484 e. The summed E-state index contributed by atoms with van der Waals surface area (Å²) in [5.41, 5.74) is 2.72. The summed E-state index contributed by atoms with van der Waals surface area (Å²) in [6.45, 7) is 4.22. The Balaban J connectivity index is 1.50. The van der Waals surface area contributed by atoms with E-state index in [0.29, 0.717) is 33.6 Å². The predicted molar refractivity (Wildman–Crippen MR) is 130 cm³/mol. The van der Waals surface area contributed by atoms with E-state index in [4.69, 9.17) is 27.9 Å². The monoisotopic (exact) mass is 470 g/mol. The maximum absolute atomic E-state index is 12.4. The van der Waals surface area contributed by atoms with Crippen molar-refractivity contribution in [1.29, 1.82) is 0 Å². The van der Waals surface area contributed by atoms with Crippen molar-refractivity contribution in [2.24, 2.45) is 0 Å². The number of carbonyl (C=O) groups is 2. The van der Waals surface area contributed by atoms with Crippen molar-refractivity contribution in [2.45, 2.75) is 26.2 Å². The Bertz CT molecular complexity index is 1080. The molecule has 7 heteroatoms. The van der Waals surface area contributed by atoms with Crippen molar-refractivity contribution < 1.29 is 14.3 Å². The smallest absolute Gasteiger partial charge is 0.262 e. The Hall–Kier alpha value is -3.02. The van der Waals surface area contributed by atoms with Crippen LogP contribution in [0.2, 0.25) is 10.0 Å². The van der Waals surface area contributed by atoms with Gasteiger partial charge < -0.3 is 15.4 Å². The molecule has 5 nitrogen and oxygen atoms in total. The molecule has 0 aromatic heterocycles. The van der Waals surface area contributed by atoms with E-state index in [1.807, 2.05) is 24.3 Å². The zero-order chi connectivity index (χ0) is 23.1. The maximum atomic E-state index is 12.4. The molecular formula is C25H24Cl2N2O3. The van der Waals surface area contributed by atoms with Crippen LogP contribution >= 0.6 is 23.2 Å². The standard InChI is InChI=1S/C25H24Cl2N2O3/c1-3-16(2)17-4-11-21(12-5-17)32-15-24(30)28-19-7-9-20(10-8-19)29-25(31)22-13-6-18(26)14-23(22)27/h4-14,16H,3,15H2,1-2H3,(H,28,30)(H,29,31). The lowest BCUT2D eigenvalue weighted by molar-refractivity contribution is -0.118. The third-order valence-electron chi connectivity index (χ3n) is 5.03. The molecule has 0 aliphatic heterocycles. The number of rotatable bonds is 8. The summed E-state index contributed by atoms with van der Waals surface area (Å²) in [7, 11) is 0. The van der Waals surface area contributed by atoms with Crippen LogP contribution < -0.4 is 15.4 Å². The number of hydrogen-bond acceptors (Lipinski definition) is 3. The number of carbonyl (C=O) groups excluding carboxylic acids is 2. The lowest BCUT2D eigenvalue weighted by Gasteiger charge is -2.11. The number of benzene rings is 3. The van der Waals surface area contributed by atoms with Crippen molar-refractivity contribution in [1.82, 2.24) is 0 Å². The first-order chi connectivity index (χ1) is 15.4. The van der Waals surface area contributed by atoms with E-state index in [2.05, 4.69) is 24.5 Å². The molecule has 3 rings (SSSR count). The zero-order valence-corrected chi connectivity index (χ0v) is 19.3. The Morgan fingerprint density at radius 2 is 1.53 bits per heavy atom. The summed E-state index contributed by atoms with van der Waals surface area (Å²) >= 11 is 11.9. The molecule has 0 bridgehead atoms. The van der Waals surface area contributed by atoms with Crippen LogP contribution in [0.15, 0.2) is 66.7 Å². The zero-order valence-electron chi connectivity index (χ0n) is 17.8. The van der Waals surface area contributed by atoms with E-state index < -0.39 is 0 Å².